The first-order valence-electron chi connectivity index (χ1n) is 14.7. The number of aromatic nitrogens is 2. The van der Waals surface area contributed by atoms with E-state index in [1.807, 2.05) is 6.92 Å². The third-order valence-electron chi connectivity index (χ3n) is 8.05. The normalized spacial score (nSPS) is 19.3. The fraction of sp³-hybridized carbons (Fsp3) is 0.452. The van der Waals surface area contributed by atoms with E-state index in [2.05, 4.69) is 15.5 Å². The Kier molecular flexibility index (Phi) is 8.90. The monoisotopic (exact) mass is 675 g/mol. The van der Waals surface area contributed by atoms with Crippen molar-refractivity contribution in [3.8, 4) is 11.5 Å². The number of ether oxygens (including phenoxy) is 1. The number of halogens is 2. The second-order valence-electron chi connectivity index (χ2n) is 12.8. The van der Waals surface area contributed by atoms with E-state index in [4.69, 9.17) is 20.8 Å². The number of nitrogens with zero attached hydrogens (tertiary/aromatic N) is 4. The topological polar surface area (TPSA) is 152 Å². The van der Waals surface area contributed by atoms with Crippen LogP contribution in [0.1, 0.15) is 58.9 Å². The number of hydrogen-bond donors (Lipinski definition) is 1. The molecule has 1 aromatic heterocycles. The molecular formula is C31H35ClFN5O7S. The van der Waals surface area contributed by atoms with Crippen LogP contribution in [0, 0.1) is 5.82 Å². The van der Waals surface area contributed by atoms with Crippen molar-refractivity contribution in [2.75, 3.05) is 23.7 Å². The highest BCUT2D eigenvalue weighted by molar-refractivity contribution is 7.91. The average Bonchev–Trinajstić information content (AvgIpc) is 3.44. The van der Waals surface area contributed by atoms with Gasteiger partial charge < -0.3 is 24.3 Å². The highest BCUT2D eigenvalue weighted by Gasteiger charge is 2.41. The van der Waals surface area contributed by atoms with Gasteiger partial charge in [0.25, 0.3) is 11.8 Å². The molecule has 0 radical (unpaired) electrons. The molecule has 0 bridgehead atoms. The number of amides is 3. The van der Waals surface area contributed by atoms with Gasteiger partial charge in [0, 0.05) is 30.5 Å². The van der Waals surface area contributed by atoms with Crippen LogP contribution in [0.15, 0.2) is 45.7 Å². The lowest BCUT2D eigenvalue weighted by atomic mass is 9.80. The van der Waals surface area contributed by atoms with Crippen LogP contribution in [-0.2, 0) is 36.1 Å². The molecule has 0 unspecified atom stereocenters. The number of piperidine rings is 1. The van der Waals surface area contributed by atoms with E-state index in [0.717, 1.165) is 6.07 Å². The fourth-order valence-corrected chi connectivity index (χ4v) is 7.19. The zero-order chi connectivity index (χ0) is 33.6. The van der Waals surface area contributed by atoms with Gasteiger partial charge >= 0.3 is 6.09 Å². The summed E-state index contributed by atoms with van der Waals surface area (Å²) in [6.07, 6.45) is 0.120. The number of rotatable bonds is 5. The van der Waals surface area contributed by atoms with E-state index in [-0.39, 0.29) is 35.5 Å². The highest BCUT2D eigenvalue weighted by Crippen LogP contribution is 2.39. The maximum atomic E-state index is 15.8. The number of anilines is 1. The third kappa shape index (κ3) is 7.02. The standard InChI is InChI=1S/C31H35ClFN5O7S/c1-18(39)37-12-10-31(5,11-13-37)28-36-35-26(44-28)21-14-24-25(15-22(21)33)46(42,43)17-23(34-29(41)45-30(2,3)4)27(40)38(24)16-19-6-8-20(32)9-7-19/h6-9,14-15,23H,10-13,16-17H2,1-5H3,(H,34,41)/t23-/m0/s1. The van der Waals surface area contributed by atoms with Crippen LogP contribution in [0.3, 0.4) is 0 Å². The summed E-state index contributed by atoms with van der Waals surface area (Å²) in [7, 11) is -4.33. The van der Waals surface area contributed by atoms with Crippen LogP contribution >= 0.6 is 11.6 Å². The van der Waals surface area contributed by atoms with E-state index in [1.54, 1.807) is 49.9 Å². The Morgan fingerprint density at radius 3 is 2.41 bits per heavy atom. The number of nitrogens with one attached hydrogen (secondary N) is 1. The SMILES string of the molecule is CC(=O)N1CCC(C)(c2nnc(-c3cc4c(cc3F)S(=O)(=O)C[C@H](NC(=O)OC(C)(C)C)C(=O)N4Cc3ccc(Cl)cc3)o2)CC1. The van der Waals surface area contributed by atoms with Gasteiger partial charge in [0.2, 0.25) is 11.8 Å². The molecule has 1 atom stereocenters. The van der Waals surface area contributed by atoms with Gasteiger partial charge in [0.05, 0.1) is 28.4 Å². The molecule has 3 amide bonds. The number of likely N-dealkylation sites (tertiary alicyclic amines) is 1. The van der Waals surface area contributed by atoms with Crippen molar-refractivity contribution in [3.05, 3.63) is 58.7 Å². The van der Waals surface area contributed by atoms with E-state index in [9.17, 15) is 22.8 Å². The number of hydrogen-bond acceptors (Lipinski definition) is 9. The molecule has 0 saturated carbocycles. The first-order chi connectivity index (χ1) is 21.5. The van der Waals surface area contributed by atoms with E-state index in [0.29, 0.717) is 36.5 Å². The number of benzene rings is 2. The van der Waals surface area contributed by atoms with Gasteiger partial charge in [-0.2, -0.15) is 0 Å². The Hall–Kier alpha value is -4.04. The molecule has 3 aromatic rings. The molecule has 2 aliphatic heterocycles. The zero-order valence-corrected chi connectivity index (χ0v) is 27.7. The summed E-state index contributed by atoms with van der Waals surface area (Å²) in [6.45, 7) is 9.17. The lowest BCUT2D eigenvalue weighted by Gasteiger charge is -2.36. The van der Waals surface area contributed by atoms with Gasteiger partial charge in [-0.05, 0) is 63.4 Å². The van der Waals surface area contributed by atoms with Gasteiger partial charge in [-0.15, -0.1) is 10.2 Å². The summed E-state index contributed by atoms with van der Waals surface area (Å²) in [5.41, 5.74) is -1.21. The summed E-state index contributed by atoms with van der Waals surface area (Å²) in [6, 6.07) is 7.05. The quantitative estimate of drug-likeness (QED) is 0.408. The smallest absolute Gasteiger partial charge is 0.408 e. The largest absolute Gasteiger partial charge is 0.444 e. The van der Waals surface area contributed by atoms with Crippen LogP contribution in [0.5, 0.6) is 0 Å². The third-order valence-corrected chi connectivity index (χ3v) is 10.1. The first-order valence-corrected chi connectivity index (χ1v) is 16.7. The molecule has 0 spiro atoms. The molecule has 2 aliphatic rings. The molecule has 3 heterocycles. The van der Waals surface area contributed by atoms with Gasteiger partial charge in [-0.25, -0.2) is 17.6 Å². The number of carbonyl (C=O) groups excluding carboxylic acids is 3. The molecule has 246 valence electrons. The maximum absolute atomic E-state index is 15.8. The van der Waals surface area contributed by atoms with Crippen LogP contribution in [0.2, 0.25) is 5.02 Å². The van der Waals surface area contributed by atoms with Crippen molar-refractivity contribution in [2.24, 2.45) is 0 Å². The lowest BCUT2D eigenvalue weighted by molar-refractivity contribution is -0.130. The van der Waals surface area contributed by atoms with Crippen LogP contribution in [-0.4, -0.2) is 71.9 Å². The van der Waals surface area contributed by atoms with Crippen molar-refractivity contribution in [1.29, 1.82) is 0 Å². The first kappa shape index (κ1) is 33.3. The Morgan fingerprint density at radius 1 is 1.15 bits per heavy atom. The Balaban J connectivity index is 1.56. The summed E-state index contributed by atoms with van der Waals surface area (Å²) in [4.78, 5) is 40.9. The molecule has 2 aromatic carbocycles. The second-order valence-corrected chi connectivity index (χ2v) is 15.2. The fourth-order valence-electron chi connectivity index (χ4n) is 5.45. The van der Waals surface area contributed by atoms with Crippen LogP contribution in [0.25, 0.3) is 11.5 Å². The number of alkyl carbamates (subject to hydrolysis) is 1. The van der Waals surface area contributed by atoms with Crippen molar-refractivity contribution in [3.63, 3.8) is 0 Å². The highest BCUT2D eigenvalue weighted by atomic mass is 35.5. The van der Waals surface area contributed by atoms with Gasteiger partial charge in [-0.3, -0.25) is 9.59 Å². The molecule has 12 nitrogen and oxygen atoms in total. The summed E-state index contributed by atoms with van der Waals surface area (Å²) < 4.78 is 54.3. The van der Waals surface area contributed by atoms with Crippen molar-refractivity contribution in [1.82, 2.24) is 20.4 Å². The molecule has 1 N–H and O–H groups in total. The minimum absolute atomic E-state index is 0.0310. The maximum Gasteiger partial charge on any atom is 0.408 e. The minimum atomic E-state index is -4.33. The summed E-state index contributed by atoms with van der Waals surface area (Å²) >= 11 is 6.05. The molecule has 1 saturated heterocycles. The molecule has 15 heteroatoms. The number of fused-ring (bicyclic) bond motifs is 1. The molecule has 1 fully saturated rings. The predicted molar refractivity (Wildman–Crippen MR) is 166 cm³/mol. The molecular weight excluding hydrogens is 641 g/mol. The molecule has 0 aliphatic carbocycles. The summed E-state index contributed by atoms with van der Waals surface area (Å²) in [5.74, 6) is -2.51. The predicted octanol–water partition coefficient (Wildman–Crippen LogP) is 4.64. The van der Waals surface area contributed by atoms with E-state index < -0.39 is 55.4 Å². The Bertz CT molecular complexity index is 1780. The van der Waals surface area contributed by atoms with E-state index in [1.165, 1.54) is 17.9 Å². The average molecular weight is 676 g/mol. The van der Waals surface area contributed by atoms with Crippen molar-refractivity contribution >= 4 is 45.0 Å². The van der Waals surface area contributed by atoms with E-state index >= 15 is 4.39 Å². The van der Waals surface area contributed by atoms with Crippen molar-refractivity contribution < 1.29 is 36.3 Å². The van der Waals surface area contributed by atoms with Crippen molar-refractivity contribution in [2.45, 2.75) is 76.0 Å². The Labute approximate surface area is 271 Å². The minimum Gasteiger partial charge on any atom is -0.444 e. The number of carbonyl (C=O) groups is 3. The van der Waals surface area contributed by atoms with Gasteiger partial charge in [-0.1, -0.05) is 30.7 Å². The molecule has 5 rings (SSSR count). The van der Waals surface area contributed by atoms with Crippen LogP contribution < -0.4 is 10.2 Å². The van der Waals surface area contributed by atoms with Gasteiger partial charge in [0.1, 0.15) is 17.5 Å². The number of sulfone groups is 1. The zero-order valence-electron chi connectivity index (χ0n) is 26.1. The van der Waals surface area contributed by atoms with Crippen LogP contribution in [0.4, 0.5) is 14.9 Å². The lowest BCUT2D eigenvalue weighted by Crippen LogP contribution is -2.51. The Morgan fingerprint density at radius 2 is 1.80 bits per heavy atom. The second kappa shape index (κ2) is 12.3. The summed E-state index contributed by atoms with van der Waals surface area (Å²) in [5, 5.41) is 11.1. The molecule has 46 heavy (non-hydrogen) atoms. The van der Waals surface area contributed by atoms with Gasteiger partial charge in [0.15, 0.2) is 9.84 Å².